The highest BCUT2D eigenvalue weighted by molar-refractivity contribution is 5.78. The molecule has 0 atom stereocenters. The van der Waals surface area contributed by atoms with Crippen LogP contribution in [-0.2, 0) is 11.2 Å². The highest BCUT2D eigenvalue weighted by Crippen LogP contribution is 2.01. The van der Waals surface area contributed by atoms with Crippen molar-refractivity contribution in [2.45, 2.75) is 89.5 Å². The average molecular weight is 382 g/mol. The molecule has 27 heavy (non-hydrogen) atoms. The number of aromatic nitrogens is 1. The number of nitrogens with zero attached hydrogens (tertiary/aromatic N) is 2. The number of hydrogen-bond donors (Lipinski definition) is 1. The molecular formula is C23H47N3O. The molecule has 0 saturated carbocycles. The summed E-state index contributed by atoms with van der Waals surface area (Å²) >= 11 is 0. The van der Waals surface area contributed by atoms with Crippen LogP contribution in [0.15, 0.2) is 36.1 Å². The van der Waals surface area contributed by atoms with E-state index in [9.17, 15) is 4.79 Å². The predicted molar refractivity (Wildman–Crippen MR) is 128 cm³/mol. The van der Waals surface area contributed by atoms with E-state index >= 15 is 0 Å². The van der Waals surface area contributed by atoms with Gasteiger partial charge < -0.3 is 0 Å². The first kappa shape index (κ1) is 39.8. The van der Waals surface area contributed by atoms with Gasteiger partial charge in [0.2, 0.25) is 0 Å². The number of carbonyl (C=O) groups excluding carboxylic acids is 1. The fourth-order valence-corrected chi connectivity index (χ4v) is 1.08. The van der Waals surface area contributed by atoms with Gasteiger partial charge in [0.1, 0.15) is 12.1 Å². The van der Waals surface area contributed by atoms with Crippen molar-refractivity contribution in [1.29, 1.82) is 5.41 Å². The van der Waals surface area contributed by atoms with Gasteiger partial charge in [-0.2, -0.15) is 0 Å². The van der Waals surface area contributed by atoms with Gasteiger partial charge in [-0.1, -0.05) is 67.5 Å². The minimum absolute atomic E-state index is 0.178. The number of ketones is 1. The van der Waals surface area contributed by atoms with Crippen molar-refractivity contribution in [2.75, 3.05) is 0 Å². The fraction of sp³-hybridized carbons (Fsp3) is 0.565. The van der Waals surface area contributed by atoms with Crippen LogP contribution in [0.25, 0.3) is 0 Å². The van der Waals surface area contributed by atoms with Crippen molar-refractivity contribution in [3.63, 3.8) is 0 Å². The van der Waals surface area contributed by atoms with Crippen LogP contribution >= 0.6 is 0 Å². The van der Waals surface area contributed by atoms with Gasteiger partial charge in [-0.05, 0) is 38.8 Å². The molecule has 0 aliphatic heterocycles. The maximum Gasteiger partial charge on any atom is 0.134 e. The lowest BCUT2D eigenvalue weighted by Gasteiger charge is -1.96. The third-order valence-electron chi connectivity index (χ3n) is 1.61. The fourth-order valence-electron chi connectivity index (χ4n) is 1.08. The molecule has 1 heterocycles. The van der Waals surface area contributed by atoms with E-state index in [4.69, 9.17) is 5.41 Å². The second-order valence-electron chi connectivity index (χ2n) is 3.69. The zero-order valence-electron chi connectivity index (χ0n) is 20.2. The van der Waals surface area contributed by atoms with Crippen LogP contribution in [0.5, 0.6) is 0 Å². The molecule has 0 spiro atoms. The Morgan fingerprint density at radius 3 is 1.70 bits per heavy atom. The molecule has 1 aromatic heterocycles. The quantitative estimate of drug-likeness (QED) is 0.334. The SMILES string of the molecule is C=CC.CC.CC.CC.CC.CC(=O)Cc1cncc(C)c1.CC=NC=N. The first-order valence-corrected chi connectivity index (χ1v) is 9.95. The number of aliphatic imine (C=N–C) groups is 1. The Kier molecular flexibility index (Phi) is 73.1. The van der Waals surface area contributed by atoms with E-state index in [-0.39, 0.29) is 5.78 Å². The summed E-state index contributed by atoms with van der Waals surface area (Å²) in [6.45, 7) is 26.6. The molecule has 0 unspecified atom stereocenters. The molecule has 0 aliphatic rings. The Bertz CT molecular complexity index is 414. The van der Waals surface area contributed by atoms with E-state index in [2.05, 4.69) is 16.6 Å². The van der Waals surface area contributed by atoms with Crippen LogP contribution in [0.2, 0.25) is 0 Å². The number of rotatable bonds is 3. The van der Waals surface area contributed by atoms with Crippen molar-refractivity contribution in [1.82, 2.24) is 4.98 Å². The maximum atomic E-state index is 10.7. The van der Waals surface area contributed by atoms with E-state index < -0.39 is 0 Å². The summed E-state index contributed by atoms with van der Waals surface area (Å²) in [6.07, 6.45) is 8.32. The Hall–Kier alpha value is -2.10. The molecule has 0 bridgehead atoms. The van der Waals surface area contributed by atoms with Gasteiger partial charge in [-0.3, -0.25) is 20.2 Å². The number of Topliss-reactive ketones (excluding diaryl/α,β-unsaturated/α-hetero) is 1. The number of aryl methyl sites for hydroxylation is 1. The lowest BCUT2D eigenvalue weighted by Crippen LogP contribution is -1.96. The number of carbonyl (C=O) groups is 1. The molecule has 4 heteroatoms. The van der Waals surface area contributed by atoms with Crippen molar-refractivity contribution in [3.8, 4) is 0 Å². The lowest BCUT2D eigenvalue weighted by atomic mass is 10.1. The van der Waals surface area contributed by atoms with Crippen LogP contribution in [0.3, 0.4) is 0 Å². The van der Waals surface area contributed by atoms with E-state index in [1.54, 1.807) is 38.5 Å². The Balaban J connectivity index is -0.0000000584. The number of hydrogen-bond acceptors (Lipinski definition) is 3. The molecule has 0 aromatic carbocycles. The number of allylic oxidation sites excluding steroid dienone is 1. The summed E-state index contributed by atoms with van der Waals surface area (Å²) in [5.74, 6) is 0.178. The van der Waals surface area contributed by atoms with Crippen LogP contribution < -0.4 is 0 Å². The molecule has 1 N–H and O–H groups in total. The summed E-state index contributed by atoms with van der Waals surface area (Å²) in [7, 11) is 0. The van der Waals surface area contributed by atoms with Gasteiger partial charge in [0.25, 0.3) is 0 Å². The molecule has 1 aromatic rings. The van der Waals surface area contributed by atoms with Crippen LogP contribution in [0, 0.1) is 12.3 Å². The number of pyridine rings is 1. The third-order valence-corrected chi connectivity index (χ3v) is 1.61. The molecule has 0 radical (unpaired) electrons. The molecule has 0 fully saturated rings. The average Bonchev–Trinajstić information content (AvgIpc) is 2.69. The molecule has 4 nitrogen and oxygen atoms in total. The predicted octanol–water partition coefficient (Wildman–Crippen LogP) is 7.50. The highest BCUT2D eigenvalue weighted by atomic mass is 16.1. The monoisotopic (exact) mass is 381 g/mol. The van der Waals surface area contributed by atoms with E-state index in [0.717, 1.165) is 17.5 Å². The van der Waals surface area contributed by atoms with Crippen molar-refractivity contribution < 1.29 is 4.79 Å². The summed E-state index contributed by atoms with van der Waals surface area (Å²) in [5.41, 5.74) is 2.10. The Labute approximate surface area is 170 Å². The van der Waals surface area contributed by atoms with Crippen LogP contribution in [-0.4, -0.2) is 23.3 Å². The smallest absolute Gasteiger partial charge is 0.134 e. The molecule has 0 aliphatic carbocycles. The van der Waals surface area contributed by atoms with Crippen molar-refractivity contribution in [3.05, 3.63) is 42.2 Å². The minimum atomic E-state index is 0.178. The maximum absolute atomic E-state index is 10.7. The third kappa shape index (κ3) is 59.3. The Morgan fingerprint density at radius 2 is 1.48 bits per heavy atom. The molecular weight excluding hydrogens is 334 g/mol. The normalized spacial score (nSPS) is 6.96. The second kappa shape index (κ2) is 49.6. The van der Waals surface area contributed by atoms with E-state index in [1.165, 1.54) is 0 Å². The minimum Gasteiger partial charge on any atom is -0.300 e. The topological polar surface area (TPSA) is 66.2 Å². The highest BCUT2D eigenvalue weighted by Gasteiger charge is 1.96. The lowest BCUT2D eigenvalue weighted by molar-refractivity contribution is -0.116. The van der Waals surface area contributed by atoms with Gasteiger partial charge in [0.05, 0.1) is 0 Å². The first-order valence-electron chi connectivity index (χ1n) is 9.95. The zero-order valence-corrected chi connectivity index (χ0v) is 20.2. The van der Waals surface area contributed by atoms with Gasteiger partial charge in [0, 0.05) is 25.0 Å². The number of nitrogens with one attached hydrogen (secondary N) is 1. The standard InChI is InChI=1S/C9H11NO.C3H6N2.C3H6.4C2H6/c1-7-3-9(4-8(2)11)6-10-5-7;1-2-5-3-4;1-3-2;4*1-2/h3,5-6H,4H2,1-2H3;2-4H,1H3;3H,1H2,2H3;4*1-2H3. The van der Waals surface area contributed by atoms with Gasteiger partial charge >= 0.3 is 0 Å². The van der Waals surface area contributed by atoms with Gasteiger partial charge in [-0.25, -0.2) is 0 Å². The second-order valence-corrected chi connectivity index (χ2v) is 3.69. The molecule has 0 saturated heterocycles. The van der Waals surface area contributed by atoms with Crippen LogP contribution in [0.4, 0.5) is 0 Å². The molecule has 160 valence electrons. The van der Waals surface area contributed by atoms with Gasteiger partial charge in [0.15, 0.2) is 0 Å². The first-order chi connectivity index (χ1) is 13.0. The van der Waals surface area contributed by atoms with E-state index in [1.807, 2.05) is 75.3 Å². The Morgan fingerprint density at radius 1 is 1.07 bits per heavy atom. The summed E-state index contributed by atoms with van der Waals surface area (Å²) in [5, 5.41) is 6.28. The summed E-state index contributed by atoms with van der Waals surface area (Å²) < 4.78 is 0. The van der Waals surface area contributed by atoms with Gasteiger partial charge in [-0.15, -0.1) is 6.58 Å². The zero-order chi connectivity index (χ0) is 23.1. The summed E-state index contributed by atoms with van der Waals surface area (Å²) in [4.78, 5) is 18.1. The summed E-state index contributed by atoms with van der Waals surface area (Å²) in [6, 6.07) is 1.98. The van der Waals surface area contributed by atoms with E-state index in [0.29, 0.717) is 6.42 Å². The van der Waals surface area contributed by atoms with Crippen molar-refractivity contribution in [2.24, 2.45) is 4.99 Å². The molecule has 1 rings (SSSR count). The van der Waals surface area contributed by atoms with Crippen LogP contribution in [0.1, 0.15) is 87.3 Å². The largest absolute Gasteiger partial charge is 0.300 e. The molecule has 0 amide bonds. The van der Waals surface area contributed by atoms with Crippen molar-refractivity contribution >= 4 is 18.3 Å².